The summed E-state index contributed by atoms with van der Waals surface area (Å²) in [5.74, 6) is 0.267. The van der Waals surface area contributed by atoms with Crippen LogP contribution in [0.15, 0.2) is 30.3 Å². The highest BCUT2D eigenvalue weighted by atomic mass is 16.5. The molecule has 0 saturated carbocycles. The smallest absolute Gasteiger partial charge is 0.338 e. The molecule has 130 valence electrons. The predicted octanol–water partition coefficient (Wildman–Crippen LogP) is 6.40. The maximum Gasteiger partial charge on any atom is 0.338 e. The minimum atomic E-state index is -0.174. The molecule has 0 aliphatic carbocycles. The average Bonchev–Trinajstić information content (AvgIpc) is 2.58. The first kappa shape index (κ1) is 19.7. The lowest BCUT2D eigenvalue weighted by molar-refractivity contribution is 0.0112. The SMILES string of the molecule is CCCCCC[C@@H](C)[C@@H](CCCCC)OC(=O)c1ccccc1. The fourth-order valence-electron chi connectivity index (χ4n) is 2.91. The summed E-state index contributed by atoms with van der Waals surface area (Å²) in [7, 11) is 0. The van der Waals surface area contributed by atoms with Crippen LogP contribution in [-0.2, 0) is 4.74 Å². The van der Waals surface area contributed by atoms with Gasteiger partial charge in [-0.2, -0.15) is 0 Å². The van der Waals surface area contributed by atoms with Gasteiger partial charge in [0.25, 0.3) is 0 Å². The molecule has 2 nitrogen and oxygen atoms in total. The van der Waals surface area contributed by atoms with Gasteiger partial charge in [0.05, 0.1) is 5.56 Å². The zero-order valence-electron chi connectivity index (χ0n) is 15.2. The third-order valence-electron chi connectivity index (χ3n) is 4.51. The summed E-state index contributed by atoms with van der Waals surface area (Å²) in [6, 6.07) is 9.36. The van der Waals surface area contributed by atoms with E-state index < -0.39 is 0 Å². The summed E-state index contributed by atoms with van der Waals surface area (Å²) in [6.07, 6.45) is 10.8. The van der Waals surface area contributed by atoms with Crippen LogP contribution in [-0.4, -0.2) is 12.1 Å². The van der Waals surface area contributed by atoms with Gasteiger partial charge in [-0.15, -0.1) is 0 Å². The van der Waals surface area contributed by atoms with E-state index in [-0.39, 0.29) is 12.1 Å². The number of benzene rings is 1. The lowest BCUT2D eigenvalue weighted by Gasteiger charge is -2.24. The van der Waals surface area contributed by atoms with E-state index in [9.17, 15) is 4.79 Å². The van der Waals surface area contributed by atoms with E-state index in [0.29, 0.717) is 11.5 Å². The van der Waals surface area contributed by atoms with Crippen LogP contribution >= 0.6 is 0 Å². The van der Waals surface area contributed by atoms with Crippen molar-refractivity contribution in [3.05, 3.63) is 35.9 Å². The number of rotatable bonds is 12. The molecule has 0 radical (unpaired) electrons. The molecule has 0 saturated heterocycles. The van der Waals surface area contributed by atoms with Gasteiger partial charge in [0.15, 0.2) is 0 Å². The second-order valence-electron chi connectivity index (χ2n) is 6.63. The van der Waals surface area contributed by atoms with Gasteiger partial charge in [-0.3, -0.25) is 0 Å². The van der Waals surface area contributed by atoms with Crippen LogP contribution in [0, 0.1) is 5.92 Å². The lowest BCUT2D eigenvalue weighted by Crippen LogP contribution is -2.25. The van der Waals surface area contributed by atoms with Crippen LogP contribution in [0.4, 0.5) is 0 Å². The monoisotopic (exact) mass is 318 g/mol. The first-order valence-corrected chi connectivity index (χ1v) is 9.45. The number of unbranched alkanes of at least 4 members (excludes halogenated alkanes) is 5. The Morgan fingerprint density at radius 1 is 0.913 bits per heavy atom. The number of hydrogen-bond acceptors (Lipinski definition) is 2. The van der Waals surface area contributed by atoms with Crippen molar-refractivity contribution >= 4 is 5.97 Å². The number of carbonyl (C=O) groups excluding carboxylic acids is 1. The number of hydrogen-bond donors (Lipinski definition) is 0. The molecule has 0 unspecified atom stereocenters. The average molecular weight is 319 g/mol. The standard InChI is InChI=1S/C21H34O2/c1-4-6-8-11-14-18(3)20(17-10-7-5-2)23-21(22)19-15-12-9-13-16-19/h9,12-13,15-16,18,20H,4-8,10-11,14,17H2,1-3H3/t18-,20-/m1/s1. The van der Waals surface area contributed by atoms with Crippen LogP contribution in [0.2, 0.25) is 0 Å². The molecule has 0 aromatic heterocycles. The Kier molecular flexibility index (Phi) is 10.4. The molecule has 0 amide bonds. The van der Waals surface area contributed by atoms with Gasteiger partial charge in [0.2, 0.25) is 0 Å². The molecule has 1 aromatic rings. The van der Waals surface area contributed by atoms with Gasteiger partial charge in [-0.25, -0.2) is 4.79 Å². The Bertz CT molecular complexity index is 413. The molecule has 0 spiro atoms. The summed E-state index contributed by atoms with van der Waals surface area (Å²) in [4.78, 5) is 12.3. The van der Waals surface area contributed by atoms with Gasteiger partial charge in [0.1, 0.15) is 6.10 Å². The number of carbonyl (C=O) groups is 1. The van der Waals surface area contributed by atoms with Gasteiger partial charge in [-0.1, -0.05) is 77.5 Å². The van der Waals surface area contributed by atoms with E-state index in [4.69, 9.17) is 4.74 Å². The lowest BCUT2D eigenvalue weighted by atomic mass is 9.93. The minimum Gasteiger partial charge on any atom is -0.459 e. The van der Waals surface area contributed by atoms with Crippen LogP contribution < -0.4 is 0 Å². The Morgan fingerprint density at radius 2 is 1.52 bits per heavy atom. The maximum atomic E-state index is 12.3. The van der Waals surface area contributed by atoms with E-state index in [1.807, 2.05) is 30.3 Å². The molecule has 0 heterocycles. The molecule has 23 heavy (non-hydrogen) atoms. The summed E-state index contributed by atoms with van der Waals surface area (Å²) < 4.78 is 5.86. The first-order valence-electron chi connectivity index (χ1n) is 9.45. The fraction of sp³-hybridized carbons (Fsp3) is 0.667. The Balaban J connectivity index is 2.54. The highest BCUT2D eigenvalue weighted by Crippen LogP contribution is 2.22. The predicted molar refractivity (Wildman–Crippen MR) is 97.7 cm³/mol. The normalized spacial score (nSPS) is 13.5. The molecular weight excluding hydrogens is 284 g/mol. The van der Waals surface area contributed by atoms with Gasteiger partial charge >= 0.3 is 5.97 Å². The van der Waals surface area contributed by atoms with Crippen LogP contribution in [0.25, 0.3) is 0 Å². The highest BCUT2D eigenvalue weighted by molar-refractivity contribution is 5.89. The summed E-state index contributed by atoms with van der Waals surface area (Å²) in [6.45, 7) is 6.68. The van der Waals surface area contributed by atoms with E-state index in [1.165, 1.54) is 38.5 Å². The summed E-state index contributed by atoms with van der Waals surface area (Å²) in [5.41, 5.74) is 0.658. The zero-order chi connectivity index (χ0) is 16.9. The molecule has 0 aliphatic heterocycles. The topological polar surface area (TPSA) is 26.3 Å². The summed E-state index contributed by atoms with van der Waals surface area (Å²) in [5, 5.41) is 0. The van der Waals surface area contributed by atoms with Crippen molar-refractivity contribution < 1.29 is 9.53 Å². The van der Waals surface area contributed by atoms with E-state index >= 15 is 0 Å². The molecule has 0 N–H and O–H groups in total. The molecule has 1 aromatic carbocycles. The van der Waals surface area contributed by atoms with Gasteiger partial charge in [0, 0.05) is 0 Å². The molecule has 0 fully saturated rings. The van der Waals surface area contributed by atoms with Gasteiger partial charge in [-0.05, 0) is 37.3 Å². The molecule has 0 bridgehead atoms. The Labute approximate surface area is 142 Å². The quantitative estimate of drug-likeness (QED) is 0.329. The maximum absolute atomic E-state index is 12.3. The molecule has 2 heteroatoms. The van der Waals surface area contributed by atoms with E-state index in [1.54, 1.807) is 0 Å². The highest BCUT2D eigenvalue weighted by Gasteiger charge is 2.21. The van der Waals surface area contributed by atoms with Crippen molar-refractivity contribution in [1.29, 1.82) is 0 Å². The van der Waals surface area contributed by atoms with Crippen molar-refractivity contribution in [1.82, 2.24) is 0 Å². The zero-order valence-corrected chi connectivity index (χ0v) is 15.2. The van der Waals surface area contributed by atoms with Crippen LogP contribution in [0.5, 0.6) is 0 Å². The third-order valence-corrected chi connectivity index (χ3v) is 4.51. The van der Waals surface area contributed by atoms with Crippen molar-refractivity contribution in [3.8, 4) is 0 Å². The van der Waals surface area contributed by atoms with E-state index in [2.05, 4.69) is 20.8 Å². The van der Waals surface area contributed by atoms with Crippen LogP contribution in [0.1, 0.15) is 88.9 Å². The fourth-order valence-corrected chi connectivity index (χ4v) is 2.91. The second kappa shape index (κ2) is 12.2. The van der Waals surface area contributed by atoms with Gasteiger partial charge < -0.3 is 4.74 Å². The van der Waals surface area contributed by atoms with Crippen molar-refractivity contribution in [2.75, 3.05) is 0 Å². The first-order chi connectivity index (χ1) is 11.2. The van der Waals surface area contributed by atoms with E-state index in [0.717, 1.165) is 19.3 Å². The Morgan fingerprint density at radius 3 is 2.17 bits per heavy atom. The minimum absolute atomic E-state index is 0.0517. The largest absolute Gasteiger partial charge is 0.459 e. The number of ether oxygens (including phenoxy) is 1. The second-order valence-corrected chi connectivity index (χ2v) is 6.63. The summed E-state index contributed by atoms with van der Waals surface area (Å²) >= 11 is 0. The Hall–Kier alpha value is -1.31. The molecule has 2 atom stereocenters. The van der Waals surface area contributed by atoms with Crippen molar-refractivity contribution in [2.45, 2.75) is 84.7 Å². The van der Waals surface area contributed by atoms with Crippen molar-refractivity contribution in [2.24, 2.45) is 5.92 Å². The van der Waals surface area contributed by atoms with Crippen LogP contribution in [0.3, 0.4) is 0 Å². The molecule has 0 aliphatic rings. The number of esters is 1. The molecular formula is C21H34O2. The third kappa shape index (κ3) is 8.20. The molecule has 1 rings (SSSR count). The van der Waals surface area contributed by atoms with Crippen molar-refractivity contribution in [3.63, 3.8) is 0 Å².